The van der Waals surface area contributed by atoms with Crippen LogP contribution in [0.1, 0.15) is 121 Å². The molecule has 0 radical (unpaired) electrons. The van der Waals surface area contributed by atoms with Crippen molar-refractivity contribution in [2.45, 2.75) is 138 Å². The monoisotopic (exact) mass is 714 g/mol. The fraction of sp³-hybridized carbons (Fsp3) is 0.846. The Bertz CT molecular complexity index is 1120. The van der Waals surface area contributed by atoms with Gasteiger partial charge in [-0.15, -0.1) is 0 Å². The van der Waals surface area contributed by atoms with Crippen LogP contribution in [0.15, 0.2) is 0 Å². The van der Waals surface area contributed by atoms with Crippen LogP contribution >= 0.6 is 7.60 Å². The third-order valence-electron chi connectivity index (χ3n) is 9.91. The van der Waals surface area contributed by atoms with Crippen molar-refractivity contribution >= 4 is 7.60 Å². The topological polar surface area (TPSA) is 113 Å². The first-order valence-electron chi connectivity index (χ1n) is 18.9. The van der Waals surface area contributed by atoms with E-state index in [0.29, 0.717) is 33.0 Å². The van der Waals surface area contributed by atoms with Gasteiger partial charge in [-0.25, -0.2) is 0 Å². The van der Waals surface area contributed by atoms with Crippen molar-refractivity contribution < 1.29 is 42.8 Å². The largest absolute Gasteiger partial charge is 0.491 e. The molecule has 5 atom stereocenters. The van der Waals surface area contributed by atoms with Gasteiger partial charge in [-0.1, -0.05) is 72.6 Å². The lowest BCUT2D eigenvalue weighted by molar-refractivity contribution is -0.0189. The van der Waals surface area contributed by atoms with Gasteiger partial charge < -0.3 is 38.2 Å². The molecular weight excluding hydrogens is 643 g/mol. The molecule has 0 spiro atoms. The smallest absolute Gasteiger partial charge is 0.325 e. The van der Waals surface area contributed by atoms with Crippen molar-refractivity contribution in [3.8, 4) is 11.5 Å². The minimum Gasteiger partial charge on any atom is -0.491 e. The summed E-state index contributed by atoms with van der Waals surface area (Å²) in [5.41, 5.74) is 4.63. The van der Waals surface area contributed by atoms with E-state index >= 15 is 0 Å². The molecule has 0 bridgehead atoms. The molecule has 1 aliphatic heterocycles. The first-order chi connectivity index (χ1) is 23.2. The summed E-state index contributed by atoms with van der Waals surface area (Å²) in [4.78, 5) is 9.25. The molecule has 0 aromatic heterocycles. The van der Waals surface area contributed by atoms with Crippen molar-refractivity contribution in [3.63, 3.8) is 0 Å². The number of hydrogen-bond acceptors (Lipinski definition) is 8. The zero-order valence-corrected chi connectivity index (χ0v) is 33.3. The van der Waals surface area contributed by atoms with E-state index in [1.165, 1.54) is 68.1 Å². The first kappa shape index (κ1) is 44.0. The van der Waals surface area contributed by atoms with E-state index in [2.05, 4.69) is 55.4 Å². The lowest BCUT2D eigenvalue weighted by Crippen LogP contribution is -2.37. The highest BCUT2D eigenvalue weighted by molar-refractivity contribution is 7.51. The Morgan fingerprint density at radius 2 is 1.35 bits per heavy atom. The van der Waals surface area contributed by atoms with E-state index in [4.69, 9.17) is 28.2 Å². The molecule has 5 unspecified atom stereocenters. The maximum atomic E-state index is 11.3. The zero-order valence-electron chi connectivity index (χ0n) is 32.4. The predicted octanol–water partition coefficient (Wildman–Crippen LogP) is 8.76. The molecule has 2 rings (SSSR count). The number of benzene rings is 1. The van der Waals surface area contributed by atoms with Crippen LogP contribution in [0.2, 0.25) is 0 Å². The van der Waals surface area contributed by atoms with Crippen LogP contribution in [0.5, 0.6) is 11.5 Å². The van der Waals surface area contributed by atoms with Crippen LogP contribution in [0.3, 0.4) is 0 Å². The standard InChI is InChI=1S/C39H71O9P/c1-29(2)13-10-14-30(3)15-11-16-31(4)17-12-19-39(8)20-18-36-34(7)37(32(5)33(6)38(36)47-39)46-26-25-44-22-21-43-23-24-45-28-35(27-40)48-49(9,41)42/h29-31,35,40H,10-28H2,1-9H3,(H,41,42). The van der Waals surface area contributed by atoms with Crippen LogP contribution in [0.25, 0.3) is 0 Å². The highest BCUT2D eigenvalue weighted by Crippen LogP contribution is 2.45. The first-order valence-corrected chi connectivity index (χ1v) is 20.9. The molecule has 2 N–H and O–H groups in total. The van der Waals surface area contributed by atoms with Crippen molar-refractivity contribution in [1.29, 1.82) is 0 Å². The Balaban J connectivity index is 1.68. The normalized spacial score (nSPS) is 19.3. The lowest BCUT2D eigenvalue weighted by atomic mass is 9.83. The van der Waals surface area contributed by atoms with Gasteiger partial charge in [-0.2, -0.15) is 0 Å². The second-order valence-corrected chi connectivity index (χ2v) is 17.1. The van der Waals surface area contributed by atoms with Crippen LogP contribution in [-0.4, -0.2) is 81.2 Å². The number of rotatable bonds is 27. The second-order valence-electron chi connectivity index (χ2n) is 15.3. The number of fused-ring (bicyclic) bond motifs is 1. The number of ether oxygens (including phenoxy) is 5. The lowest BCUT2D eigenvalue weighted by Gasteiger charge is -2.38. The van der Waals surface area contributed by atoms with E-state index in [0.717, 1.165) is 60.7 Å². The van der Waals surface area contributed by atoms with Crippen LogP contribution in [0.4, 0.5) is 0 Å². The van der Waals surface area contributed by atoms with Gasteiger partial charge in [0.15, 0.2) is 0 Å². The molecule has 0 saturated heterocycles. The molecule has 9 nitrogen and oxygen atoms in total. The van der Waals surface area contributed by atoms with E-state index < -0.39 is 20.3 Å². The van der Waals surface area contributed by atoms with Gasteiger partial charge in [0.2, 0.25) is 0 Å². The van der Waals surface area contributed by atoms with Gasteiger partial charge in [-0.05, 0) is 87.8 Å². The SMILES string of the molecule is Cc1c(C)c2c(c(C)c1OCCOCCOCCOCC(CO)OP(C)(=O)O)CCC(C)(CCCC(C)CCCC(C)CCCC(C)C)O2. The predicted molar refractivity (Wildman–Crippen MR) is 198 cm³/mol. The van der Waals surface area contributed by atoms with Gasteiger partial charge >= 0.3 is 7.60 Å². The Kier molecular flexibility index (Phi) is 20.4. The summed E-state index contributed by atoms with van der Waals surface area (Å²) in [5.74, 6) is 4.45. The highest BCUT2D eigenvalue weighted by atomic mass is 31.2. The van der Waals surface area contributed by atoms with Crippen molar-refractivity contribution in [2.24, 2.45) is 17.8 Å². The van der Waals surface area contributed by atoms with Gasteiger partial charge in [0.05, 0.1) is 46.2 Å². The zero-order chi connectivity index (χ0) is 36.5. The average molecular weight is 715 g/mol. The van der Waals surface area contributed by atoms with Crippen molar-refractivity contribution in [1.82, 2.24) is 0 Å². The van der Waals surface area contributed by atoms with Gasteiger partial charge in [0.1, 0.15) is 29.8 Å². The third kappa shape index (κ3) is 17.3. The van der Waals surface area contributed by atoms with Crippen molar-refractivity contribution in [3.05, 3.63) is 22.3 Å². The second kappa shape index (κ2) is 22.7. The fourth-order valence-electron chi connectivity index (χ4n) is 6.73. The van der Waals surface area contributed by atoms with Gasteiger partial charge in [0.25, 0.3) is 0 Å². The minimum atomic E-state index is -3.67. The summed E-state index contributed by atoms with van der Waals surface area (Å²) < 4.78 is 45.8. The Labute approximate surface area is 298 Å². The highest BCUT2D eigenvalue weighted by Gasteiger charge is 2.34. The van der Waals surface area contributed by atoms with Gasteiger partial charge in [-0.3, -0.25) is 4.57 Å². The molecule has 1 aliphatic rings. The molecule has 1 heterocycles. The van der Waals surface area contributed by atoms with E-state index in [-0.39, 0.29) is 18.8 Å². The molecular formula is C39H71O9P. The van der Waals surface area contributed by atoms with E-state index in [1.807, 2.05) is 0 Å². The third-order valence-corrected chi connectivity index (χ3v) is 10.6. The summed E-state index contributed by atoms with van der Waals surface area (Å²) in [6.07, 6.45) is 13.0. The van der Waals surface area contributed by atoms with Crippen LogP contribution in [0, 0.1) is 38.5 Å². The number of hydrogen-bond donors (Lipinski definition) is 2. The number of aliphatic hydroxyl groups excluding tert-OH is 1. The molecule has 0 amide bonds. The molecule has 0 fully saturated rings. The maximum absolute atomic E-state index is 11.3. The summed E-state index contributed by atoms with van der Waals surface area (Å²) in [7, 11) is -3.67. The van der Waals surface area contributed by atoms with Crippen LogP contribution < -0.4 is 9.47 Å². The van der Waals surface area contributed by atoms with Crippen LogP contribution in [-0.2, 0) is 29.7 Å². The molecule has 0 aliphatic carbocycles. The fourth-order valence-corrected chi connectivity index (χ4v) is 7.41. The Morgan fingerprint density at radius 3 is 1.92 bits per heavy atom. The Hall–Kier alpha value is -1.19. The summed E-state index contributed by atoms with van der Waals surface area (Å²) in [5, 5.41) is 9.21. The van der Waals surface area contributed by atoms with E-state index in [9.17, 15) is 14.6 Å². The molecule has 1 aromatic rings. The molecule has 1 aromatic carbocycles. The summed E-state index contributed by atoms with van der Waals surface area (Å²) in [6.45, 7) is 21.3. The number of aliphatic hydroxyl groups is 1. The molecule has 10 heteroatoms. The summed E-state index contributed by atoms with van der Waals surface area (Å²) >= 11 is 0. The average Bonchev–Trinajstić information content (AvgIpc) is 3.02. The van der Waals surface area contributed by atoms with Crippen molar-refractivity contribution in [2.75, 3.05) is 59.5 Å². The van der Waals surface area contributed by atoms with E-state index in [1.54, 1.807) is 0 Å². The maximum Gasteiger partial charge on any atom is 0.325 e. The molecule has 0 saturated carbocycles. The van der Waals surface area contributed by atoms with Gasteiger partial charge in [0, 0.05) is 12.2 Å². The summed E-state index contributed by atoms with van der Waals surface area (Å²) in [6, 6.07) is 0. The Morgan fingerprint density at radius 1 is 0.796 bits per heavy atom. The molecule has 286 valence electrons. The molecule has 49 heavy (non-hydrogen) atoms. The minimum absolute atomic E-state index is 0.0104. The quantitative estimate of drug-likeness (QED) is 0.0682.